The number of nitrogens with zero attached hydrogens (tertiary/aromatic N) is 2. The van der Waals surface area contributed by atoms with Gasteiger partial charge in [-0.2, -0.15) is 1.33 Å². The first-order valence-electron chi connectivity index (χ1n) is 2.26. The van der Waals surface area contributed by atoms with E-state index in [-0.39, 0.29) is 3.91 Å². The van der Waals surface area contributed by atoms with Crippen LogP contribution in [0.25, 0.3) is 0 Å². The molecule has 0 aliphatic rings. The molecule has 0 atom stereocenters. The SMILES string of the molecule is O=C(I)N(I)CCN(I)I. The molecule has 0 aromatic carbocycles. The van der Waals surface area contributed by atoms with Gasteiger partial charge in [0.2, 0.25) is 0 Å². The zero-order valence-electron chi connectivity index (χ0n) is 4.73. The lowest BCUT2D eigenvalue weighted by Gasteiger charge is -2.11. The monoisotopic (exact) mass is 592 g/mol. The third-order valence-electron chi connectivity index (χ3n) is 0.656. The van der Waals surface area contributed by atoms with Gasteiger partial charge in [-0.25, -0.2) is 0 Å². The summed E-state index contributed by atoms with van der Waals surface area (Å²) >= 11 is 8.13. The Balaban J connectivity index is 3.40. The normalized spacial score (nSPS) is 10.1. The van der Waals surface area contributed by atoms with Crippen LogP contribution in [-0.2, 0) is 0 Å². The molecule has 0 rings (SSSR count). The van der Waals surface area contributed by atoms with Crippen molar-refractivity contribution < 1.29 is 4.79 Å². The average molecular weight is 592 g/mol. The molecule has 0 radical (unpaired) electrons. The Kier molecular flexibility index (Phi) is 8.43. The number of halogens is 4. The second kappa shape index (κ2) is 6.82. The van der Waals surface area contributed by atoms with Crippen LogP contribution in [0.5, 0.6) is 0 Å². The van der Waals surface area contributed by atoms with E-state index in [0.29, 0.717) is 0 Å². The van der Waals surface area contributed by atoms with Crippen molar-refractivity contribution in [3.8, 4) is 0 Å². The number of amides is 1. The lowest BCUT2D eigenvalue weighted by atomic mass is 10.7. The highest BCUT2D eigenvalue weighted by atomic mass is 127. The summed E-state index contributed by atoms with van der Waals surface area (Å²) in [6.07, 6.45) is 0. The fourth-order valence-corrected chi connectivity index (χ4v) is 1.14. The van der Waals surface area contributed by atoms with Crippen LogP contribution >= 0.6 is 91.2 Å². The van der Waals surface area contributed by atoms with Crippen LogP contribution in [0.1, 0.15) is 0 Å². The molecule has 60 valence electrons. The highest BCUT2D eigenvalue weighted by Gasteiger charge is 2.05. The molecule has 0 N–H and O–H groups in total. The summed E-state index contributed by atoms with van der Waals surface area (Å²) in [5.74, 6) is 0. The van der Waals surface area contributed by atoms with Gasteiger partial charge in [0.1, 0.15) is 0 Å². The maximum atomic E-state index is 10.6. The van der Waals surface area contributed by atoms with Crippen molar-refractivity contribution in [3.05, 3.63) is 0 Å². The van der Waals surface area contributed by atoms with Gasteiger partial charge in [0.05, 0.1) is 22.9 Å². The van der Waals surface area contributed by atoms with Gasteiger partial charge in [0.25, 0.3) is 3.91 Å². The lowest BCUT2D eigenvalue weighted by Crippen LogP contribution is -2.20. The third-order valence-corrected chi connectivity index (χ3v) is 4.05. The Hall–Kier alpha value is 2.35. The summed E-state index contributed by atoms with van der Waals surface area (Å²) in [4.78, 5) is 10.6. The topological polar surface area (TPSA) is 23.6 Å². The number of carbonyl (C=O) groups excluding carboxylic acids is 1. The Morgan fingerprint density at radius 3 is 2.00 bits per heavy atom. The van der Waals surface area contributed by atoms with Gasteiger partial charge in [-0.05, 0) is 0 Å². The molecule has 3 nitrogen and oxygen atoms in total. The minimum Gasteiger partial charge on any atom is -0.275 e. The van der Waals surface area contributed by atoms with E-state index in [1.807, 2.05) is 24.2 Å². The fraction of sp³-hybridized carbons (Fsp3) is 0.667. The van der Waals surface area contributed by atoms with Crippen molar-refractivity contribution in [1.82, 2.24) is 4.44 Å². The largest absolute Gasteiger partial charge is 0.291 e. The first kappa shape index (κ1) is 12.3. The Bertz CT molecular complexity index is 119. The van der Waals surface area contributed by atoms with Crippen molar-refractivity contribution in [1.29, 1.82) is 0 Å². The van der Waals surface area contributed by atoms with Crippen LogP contribution in [0.4, 0.5) is 4.79 Å². The lowest BCUT2D eigenvalue weighted by molar-refractivity contribution is 0.253. The van der Waals surface area contributed by atoms with Gasteiger partial charge in [0, 0.05) is 81.4 Å². The Labute approximate surface area is 115 Å². The standard InChI is InChI=1S/C3H4I4N2O/c4-3(10)8(5)1-2-9(6)7/h1-2H2. The zero-order chi connectivity index (χ0) is 8.15. The summed E-state index contributed by atoms with van der Waals surface area (Å²) in [6, 6.07) is 0. The minimum atomic E-state index is 0.0767. The number of carbonyl (C=O) groups is 1. The summed E-state index contributed by atoms with van der Waals surface area (Å²) in [5.41, 5.74) is 0. The Morgan fingerprint density at radius 2 is 1.70 bits per heavy atom. The van der Waals surface area contributed by atoms with Gasteiger partial charge in [-0.15, -0.1) is 0 Å². The van der Waals surface area contributed by atoms with Gasteiger partial charge in [-0.3, -0.25) is 7.91 Å². The molecule has 0 heterocycles. The van der Waals surface area contributed by atoms with Crippen molar-refractivity contribution in [2.75, 3.05) is 13.1 Å². The van der Waals surface area contributed by atoms with Crippen molar-refractivity contribution in [2.24, 2.45) is 0 Å². The van der Waals surface area contributed by atoms with Crippen molar-refractivity contribution >= 4 is 95.1 Å². The van der Waals surface area contributed by atoms with Crippen LogP contribution in [0.3, 0.4) is 0 Å². The molecule has 10 heavy (non-hydrogen) atoms. The summed E-state index contributed by atoms with van der Waals surface area (Å²) in [5, 5.41) is 0. The molecule has 0 spiro atoms. The van der Waals surface area contributed by atoms with Crippen LogP contribution in [0.15, 0.2) is 0 Å². The first-order valence-corrected chi connectivity index (χ1v) is 6.23. The molecule has 0 bridgehead atoms. The van der Waals surface area contributed by atoms with E-state index in [1.54, 1.807) is 25.7 Å². The summed E-state index contributed by atoms with van der Waals surface area (Å²) in [6.45, 7) is 1.66. The Morgan fingerprint density at radius 1 is 1.20 bits per heavy atom. The van der Waals surface area contributed by atoms with Crippen molar-refractivity contribution in [2.45, 2.75) is 0 Å². The number of hydrogen-bond donors (Lipinski definition) is 0. The predicted octanol–water partition coefficient (Wildman–Crippen LogP) is 3.20. The van der Waals surface area contributed by atoms with Gasteiger partial charge in [0.15, 0.2) is 0 Å². The van der Waals surface area contributed by atoms with Gasteiger partial charge >= 0.3 is 0 Å². The number of rotatable bonds is 3. The van der Waals surface area contributed by atoms with Crippen LogP contribution < -0.4 is 0 Å². The highest BCUT2D eigenvalue weighted by molar-refractivity contribution is 14.2. The fourth-order valence-electron chi connectivity index (χ4n) is 0.251. The number of hydrogen-bond acceptors (Lipinski definition) is 2. The molecule has 0 saturated carbocycles. The van der Waals surface area contributed by atoms with Gasteiger partial charge in [-0.1, -0.05) is 0 Å². The first-order chi connectivity index (χ1) is 4.54. The summed E-state index contributed by atoms with van der Waals surface area (Å²) < 4.78 is 3.72. The molecule has 0 saturated heterocycles. The van der Waals surface area contributed by atoms with E-state index in [2.05, 4.69) is 45.7 Å². The van der Waals surface area contributed by atoms with Crippen molar-refractivity contribution in [3.63, 3.8) is 0 Å². The predicted molar refractivity (Wildman–Crippen MR) is 74.9 cm³/mol. The molecular formula is C3H4I4N2O. The molecule has 0 fully saturated rings. The smallest absolute Gasteiger partial charge is 0.275 e. The quantitative estimate of drug-likeness (QED) is 0.218. The van der Waals surface area contributed by atoms with Gasteiger partial charge < -0.3 is 0 Å². The van der Waals surface area contributed by atoms with Crippen LogP contribution in [-0.4, -0.2) is 21.4 Å². The average Bonchev–Trinajstić information content (AvgIpc) is 1.82. The van der Waals surface area contributed by atoms with E-state index in [9.17, 15) is 4.79 Å². The maximum Gasteiger partial charge on any atom is 0.291 e. The second-order valence-electron chi connectivity index (χ2n) is 1.37. The highest BCUT2D eigenvalue weighted by Crippen LogP contribution is 2.10. The van der Waals surface area contributed by atoms with E-state index < -0.39 is 0 Å². The molecule has 1 amide bonds. The molecule has 0 unspecified atom stereocenters. The third kappa shape index (κ3) is 7.02. The molecule has 0 aliphatic carbocycles. The maximum absolute atomic E-state index is 10.6. The second-order valence-corrected chi connectivity index (χ2v) is 7.63. The van der Waals surface area contributed by atoms with Crippen LogP contribution in [0, 0.1) is 0 Å². The molecule has 0 aromatic heterocycles. The summed E-state index contributed by atoms with van der Waals surface area (Å²) in [7, 11) is 0. The van der Waals surface area contributed by atoms with E-state index in [1.165, 1.54) is 0 Å². The minimum absolute atomic E-state index is 0.0767. The molecular weight excluding hydrogens is 588 g/mol. The van der Waals surface area contributed by atoms with E-state index in [4.69, 9.17) is 0 Å². The van der Waals surface area contributed by atoms with E-state index >= 15 is 0 Å². The zero-order valence-corrected chi connectivity index (χ0v) is 13.4. The van der Waals surface area contributed by atoms with E-state index in [0.717, 1.165) is 13.1 Å². The molecule has 0 aliphatic heterocycles. The molecule has 7 heteroatoms. The molecule has 0 aromatic rings. The van der Waals surface area contributed by atoms with Crippen LogP contribution in [0.2, 0.25) is 0 Å².